The van der Waals surface area contributed by atoms with Crippen molar-refractivity contribution in [3.8, 4) is 11.5 Å². The first-order valence-corrected chi connectivity index (χ1v) is 19.4. The van der Waals surface area contributed by atoms with E-state index in [1.54, 1.807) is 53.8 Å². The number of allylic oxidation sites excluding steroid dienone is 1. The van der Waals surface area contributed by atoms with Crippen LogP contribution >= 0.6 is 45.2 Å². The molecule has 51 heavy (non-hydrogen) atoms. The third kappa shape index (κ3) is 11.8. The molecular formula is C35H48F12I2O2. The normalized spacial score (nSPS) is 16.0. The maximum atomic E-state index is 15.6. The van der Waals surface area contributed by atoms with E-state index >= 15 is 17.6 Å². The van der Waals surface area contributed by atoms with Crippen LogP contribution in [-0.4, -0.2) is 56.6 Å². The third-order valence-electron chi connectivity index (χ3n) is 8.69. The maximum absolute atomic E-state index is 15.6. The van der Waals surface area contributed by atoms with E-state index in [0.29, 0.717) is 44.3 Å². The van der Waals surface area contributed by atoms with Gasteiger partial charge >= 0.3 is 35.5 Å². The fourth-order valence-electron chi connectivity index (χ4n) is 5.53. The van der Waals surface area contributed by atoms with E-state index in [-0.39, 0.29) is 32.3 Å². The van der Waals surface area contributed by atoms with E-state index < -0.39 is 68.1 Å². The Hall–Kier alpha value is -0.820. The van der Waals surface area contributed by atoms with Crippen LogP contribution in [0.4, 0.5) is 52.7 Å². The van der Waals surface area contributed by atoms with Crippen molar-refractivity contribution in [1.82, 2.24) is 0 Å². The smallest absolute Gasteiger partial charge is 0.384 e. The SMILES string of the molecule is C=CCCCCOc1ccc(OCCCCC(I)CC(C)(CCC)C(F)(F)C(F)(F)C(F)(F)C(F)(F)C(F)(F)C(F)(F)CC(I)CCCC)cc1. The van der Waals surface area contributed by atoms with Crippen molar-refractivity contribution in [3.63, 3.8) is 0 Å². The van der Waals surface area contributed by atoms with Crippen molar-refractivity contribution in [2.75, 3.05) is 13.2 Å². The molecule has 0 heterocycles. The molecule has 16 heteroatoms. The minimum absolute atomic E-state index is 0.107. The summed E-state index contributed by atoms with van der Waals surface area (Å²) in [5.74, 6) is -40.1. The molecule has 2 nitrogen and oxygen atoms in total. The number of halogens is 14. The van der Waals surface area contributed by atoms with Gasteiger partial charge in [0.2, 0.25) is 0 Å². The van der Waals surface area contributed by atoms with Gasteiger partial charge in [0.05, 0.1) is 13.2 Å². The lowest BCUT2D eigenvalue weighted by Crippen LogP contribution is -2.72. The first-order chi connectivity index (χ1) is 23.4. The van der Waals surface area contributed by atoms with E-state index in [2.05, 4.69) is 6.58 Å². The van der Waals surface area contributed by atoms with E-state index in [1.807, 2.05) is 6.08 Å². The minimum Gasteiger partial charge on any atom is -0.494 e. The van der Waals surface area contributed by atoms with Gasteiger partial charge in [-0.3, -0.25) is 0 Å². The Morgan fingerprint density at radius 3 is 1.51 bits per heavy atom. The average Bonchev–Trinajstić information content (AvgIpc) is 3.03. The lowest BCUT2D eigenvalue weighted by molar-refractivity contribution is -0.435. The molecule has 0 bridgehead atoms. The Morgan fingerprint density at radius 2 is 1.04 bits per heavy atom. The quantitative estimate of drug-likeness (QED) is 0.0288. The highest BCUT2D eigenvalue weighted by molar-refractivity contribution is 14.1. The number of hydrogen-bond donors (Lipinski definition) is 0. The Morgan fingerprint density at radius 1 is 0.608 bits per heavy atom. The molecule has 0 aliphatic carbocycles. The highest BCUT2D eigenvalue weighted by Crippen LogP contribution is 2.64. The van der Waals surface area contributed by atoms with Crippen LogP contribution in [0.3, 0.4) is 0 Å². The van der Waals surface area contributed by atoms with Crippen LogP contribution in [0.25, 0.3) is 0 Å². The largest absolute Gasteiger partial charge is 0.494 e. The molecule has 0 saturated carbocycles. The van der Waals surface area contributed by atoms with Crippen molar-refractivity contribution in [2.24, 2.45) is 5.41 Å². The van der Waals surface area contributed by atoms with Crippen LogP contribution in [-0.2, 0) is 0 Å². The summed E-state index contributed by atoms with van der Waals surface area (Å²) in [6.07, 6.45) is 1.65. The third-order valence-corrected chi connectivity index (χ3v) is 10.8. The number of hydrogen-bond acceptors (Lipinski definition) is 2. The maximum Gasteiger partial charge on any atom is 0.384 e. The fourth-order valence-corrected chi connectivity index (χ4v) is 7.94. The second kappa shape index (κ2) is 20.2. The summed E-state index contributed by atoms with van der Waals surface area (Å²) >= 11 is 2.88. The molecule has 0 aromatic heterocycles. The zero-order chi connectivity index (χ0) is 39.4. The van der Waals surface area contributed by atoms with Gasteiger partial charge in [-0.2, -0.15) is 52.7 Å². The molecule has 1 aromatic carbocycles. The van der Waals surface area contributed by atoms with Gasteiger partial charge in [-0.15, -0.1) is 6.58 Å². The van der Waals surface area contributed by atoms with Gasteiger partial charge in [-0.1, -0.05) is 91.3 Å². The molecule has 0 saturated heterocycles. The fraction of sp³-hybridized carbons (Fsp3) is 0.771. The van der Waals surface area contributed by atoms with Crippen molar-refractivity contribution in [3.05, 3.63) is 36.9 Å². The minimum atomic E-state index is -7.57. The average molecular weight is 983 g/mol. The molecule has 3 unspecified atom stereocenters. The summed E-state index contributed by atoms with van der Waals surface area (Å²) in [5.41, 5.74) is -3.10. The van der Waals surface area contributed by atoms with Gasteiger partial charge in [-0.05, 0) is 82.1 Å². The monoisotopic (exact) mass is 982 g/mol. The van der Waals surface area contributed by atoms with Gasteiger partial charge in [0.15, 0.2) is 0 Å². The summed E-state index contributed by atoms with van der Waals surface area (Å²) in [7, 11) is 0. The lowest BCUT2D eigenvalue weighted by Gasteiger charge is -2.47. The molecule has 0 amide bonds. The molecule has 1 aromatic rings. The van der Waals surface area contributed by atoms with Crippen LogP contribution in [0, 0.1) is 5.41 Å². The second-order valence-electron chi connectivity index (χ2n) is 13.1. The molecule has 0 radical (unpaired) electrons. The number of unbranched alkanes of at least 4 members (excludes halogenated alkanes) is 4. The van der Waals surface area contributed by atoms with Gasteiger partial charge in [-0.25, -0.2) is 0 Å². The van der Waals surface area contributed by atoms with Crippen molar-refractivity contribution in [2.45, 2.75) is 148 Å². The van der Waals surface area contributed by atoms with Crippen LogP contribution in [0.15, 0.2) is 36.9 Å². The molecule has 0 spiro atoms. The summed E-state index contributed by atoms with van der Waals surface area (Å²) in [5, 5.41) is 0. The van der Waals surface area contributed by atoms with Crippen LogP contribution < -0.4 is 9.47 Å². The van der Waals surface area contributed by atoms with E-state index in [4.69, 9.17) is 9.47 Å². The van der Waals surface area contributed by atoms with Crippen LogP contribution in [0.5, 0.6) is 11.5 Å². The van der Waals surface area contributed by atoms with Gasteiger partial charge in [0.1, 0.15) is 11.5 Å². The zero-order valence-electron chi connectivity index (χ0n) is 29.0. The van der Waals surface area contributed by atoms with E-state index in [9.17, 15) is 35.1 Å². The van der Waals surface area contributed by atoms with Crippen LogP contribution in [0.2, 0.25) is 0 Å². The number of alkyl halides is 14. The Kier molecular flexibility index (Phi) is 19.1. The Bertz CT molecular complexity index is 1170. The number of benzene rings is 1. The number of ether oxygens (including phenoxy) is 2. The topological polar surface area (TPSA) is 18.5 Å². The summed E-state index contributed by atoms with van der Waals surface area (Å²) in [6.45, 7) is 7.74. The molecular weight excluding hydrogens is 934 g/mol. The highest BCUT2D eigenvalue weighted by atomic mass is 127. The molecule has 0 fully saturated rings. The van der Waals surface area contributed by atoms with E-state index in [1.165, 1.54) is 29.5 Å². The first-order valence-electron chi connectivity index (χ1n) is 16.9. The highest BCUT2D eigenvalue weighted by Gasteiger charge is 2.91. The molecule has 0 aliphatic heterocycles. The van der Waals surface area contributed by atoms with Gasteiger partial charge in [0, 0.05) is 19.7 Å². The van der Waals surface area contributed by atoms with Crippen molar-refractivity contribution >= 4 is 45.2 Å². The summed E-state index contributed by atoms with van der Waals surface area (Å²) in [6, 6.07) is 6.80. The first kappa shape index (κ1) is 48.2. The lowest BCUT2D eigenvalue weighted by atomic mass is 9.70. The molecule has 1 rings (SSSR count). The Labute approximate surface area is 320 Å². The van der Waals surface area contributed by atoms with Crippen LogP contribution in [0.1, 0.15) is 104 Å². The molecule has 0 N–H and O–H groups in total. The molecule has 0 aliphatic rings. The van der Waals surface area contributed by atoms with E-state index in [0.717, 1.165) is 19.3 Å². The van der Waals surface area contributed by atoms with Gasteiger partial charge in [0.25, 0.3) is 0 Å². The second-order valence-corrected chi connectivity index (χ2v) is 16.6. The zero-order valence-corrected chi connectivity index (χ0v) is 33.3. The molecule has 298 valence electrons. The number of rotatable bonds is 27. The van der Waals surface area contributed by atoms with Crippen molar-refractivity contribution < 1.29 is 62.2 Å². The predicted molar refractivity (Wildman–Crippen MR) is 192 cm³/mol. The molecule has 3 atom stereocenters. The predicted octanol–water partition coefficient (Wildman–Crippen LogP) is 14.2. The Balaban J connectivity index is 2.98. The summed E-state index contributed by atoms with van der Waals surface area (Å²) in [4.78, 5) is 0. The van der Waals surface area contributed by atoms with Crippen molar-refractivity contribution in [1.29, 1.82) is 0 Å². The summed E-state index contributed by atoms with van der Waals surface area (Å²) < 4.78 is 188. The standard InChI is InChI=1S/C35H48F12I2O2/c1-5-8-10-12-21-50-27-16-18-28(19-17-27)51-22-13-11-15-25(48)23-29(4,20-7-3)31(38,39)33(42,43)35(46,47)34(44,45)32(40,41)30(36,37)24-26(49)14-9-6-2/h5,16-19,25-26H,1,6-15,20-24H2,2-4H3. The van der Waals surface area contributed by atoms with Gasteiger partial charge < -0.3 is 9.47 Å².